The minimum atomic E-state index is -1.63. The van der Waals surface area contributed by atoms with E-state index in [4.69, 9.17) is 0 Å². The molecule has 1 atom stereocenters. The number of amides is 1. The van der Waals surface area contributed by atoms with Gasteiger partial charge in [0, 0.05) is 47.9 Å². The molecule has 6 rings (SSSR count). The highest BCUT2D eigenvalue weighted by Gasteiger charge is 2.55. The van der Waals surface area contributed by atoms with Crippen molar-refractivity contribution in [2.75, 3.05) is 17.2 Å². The number of fused-ring (bicyclic) bond motifs is 3. The molecule has 3 aromatic heterocycles. The Morgan fingerprint density at radius 3 is 2.60 bits per heavy atom. The smallest absolute Gasteiger partial charge is 0.255 e. The minimum Gasteiger partial charge on any atom is -0.387 e. The molecule has 0 radical (unpaired) electrons. The number of thiazole rings is 1. The first-order valence-corrected chi connectivity index (χ1v) is 15.4. The predicted molar refractivity (Wildman–Crippen MR) is 166 cm³/mol. The summed E-state index contributed by atoms with van der Waals surface area (Å²) in [5, 5.41) is 19.6. The fourth-order valence-electron chi connectivity index (χ4n) is 6.42. The summed E-state index contributed by atoms with van der Waals surface area (Å²) in [6.07, 6.45) is 8.01. The van der Waals surface area contributed by atoms with Crippen molar-refractivity contribution in [3.05, 3.63) is 71.6 Å². The van der Waals surface area contributed by atoms with Crippen LogP contribution in [-0.4, -0.2) is 55.6 Å². The van der Waals surface area contributed by atoms with Crippen LogP contribution in [0.2, 0.25) is 0 Å². The molecule has 9 nitrogen and oxygen atoms in total. The van der Waals surface area contributed by atoms with Gasteiger partial charge in [0.25, 0.3) is 5.91 Å². The number of pyridine rings is 2. The van der Waals surface area contributed by atoms with E-state index in [9.17, 15) is 19.1 Å². The number of aromatic nitrogens is 3. The lowest BCUT2D eigenvalue weighted by Crippen LogP contribution is -2.42. The number of anilines is 3. The van der Waals surface area contributed by atoms with Crippen LogP contribution in [-0.2, 0) is 0 Å². The third-order valence-corrected chi connectivity index (χ3v) is 9.67. The molecule has 0 aliphatic heterocycles. The van der Waals surface area contributed by atoms with E-state index < -0.39 is 17.7 Å². The Morgan fingerprint density at radius 1 is 1.09 bits per heavy atom. The largest absolute Gasteiger partial charge is 0.387 e. The molecule has 3 heterocycles. The molecule has 2 aliphatic rings. The van der Waals surface area contributed by atoms with Crippen LogP contribution in [0.1, 0.15) is 73.1 Å². The zero-order valence-electron chi connectivity index (χ0n) is 24.2. The van der Waals surface area contributed by atoms with Crippen LogP contribution in [0.5, 0.6) is 0 Å². The van der Waals surface area contributed by atoms with Crippen LogP contribution in [0.15, 0.2) is 60.5 Å². The van der Waals surface area contributed by atoms with Crippen molar-refractivity contribution in [2.24, 2.45) is 5.41 Å². The van der Waals surface area contributed by atoms with Gasteiger partial charge in [0.05, 0.1) is 39.1 Å². The van der Waals surface area contributed by atoms with E-state index in [1.165, 1.54) is 20.0 Å². The van der Waals surface area contributed by atoms with Crippen LogP contribution >= 0.6 is 11.3 Å². The monoisotopic (exact) mass is 602 g/mol. The molecule has 4 N–H and O–H groups in total. The summed E-state index contributed by atoms with van der Waals surface area (Å²) in [4.78, 5) is 39.3. The van der Waals surface area contributed by atoms with E-state index >= 15 is 0 Å². The van der Waals surface area contributed by atoms with Crippen molar-refractivity contribution >= 4 is 50.4 Å². The van der Waals surface area contributed by atoms with Gasteiger partial charge in [-0.25, -0.2) is 14.4 Å². The average Bonchev–Trinajstić information content (AvgIpc) is 3.69. The number of Topliss-reactive ketones (excluding diaryl/α,β-unsaturated/α-hetero) is 1. The number of carbonyl (C=O) groups excluding carboxylic acids is 2. The normalized spacial score (nSPS) is 22.0. The molecule has 224 valence electrons. The molecule has 2 saturated carbocycles. The molecular formula is C32H35FN6O3S. The number of benzene rings is 1. The third kappa shape index (κ3) is 6.23. The van der Waals surface area contributed by atoms with Crippen molar-refractivity contribution in [3.63, 3.8) is 0 Å². The molecule has 1 amide bonds. The van der Waals surface area contributed by atoms with E-state index in [1.54, 1.807) is 41.4 Å². The fraction of sp³-hybridized carbons (Fsp3) is 0.406. The number of alkyl halides is 1. The second-order valence-electron chi connectivity index (χ2n) is 12.5. The Hall–Kier alpha value is -3.96. The number of ketones is 1. The Labute approximate surface area is 253 Å². The number of nitrogens with zero attached hydrogens (tertiary/aromatic N) is 3. The molecular weight excluding hydrogens is 567 g/mol. The fourth-order valence-corrected chi connectivity index (χ4v) is 7.14. The number of hydrogen-bond donors (Lipinski definition) is 4. The summed E-state index contributed by atoms with van der Waals surface area (Å²) >= 11 is 1.55. The third-order valence-electron chi connectivity index (χ3n) is 8.88. The summed E-state index contributed by atoms with van der Waals surface area (Å²) in [7, 11) is 0. The first-order chi connectivity index (χ1) is 20.5. The lowest BCUT2D eigenvalue weighted by molar-refractivity contribution is -0.00178. The standard InChI is InChI=1S/C32H35FN6O3S/c1-30(2,42)27(33)17-36-29(41)22-16-35-28(38-21-3-4-23-26(13-21)43-19-37-23)14-24(22)39-32-9-7-31(18-32,8-10-32)15-25(40)20-5-11-34-12-6-20/h3-6,11-14,16,19,27,42H,7-10,15,17-18H2,1-2H3,(H,36,41)(H2,35,38,39)/t27-,31?,32?/m1/s1. The number of hydrogen-bond acceptors (Lipinski definition) is 9. The highest BCUT2D eigenvalue weighted by atomic mass is 32.1. The first-order valence-electron chi connectivity index (χ1n) is 14.5. The van der Waals surface area contributed by atoms with Gasteiger partial charge in [-0.1, -0.05) is 0 Å². The van der Waals surface area contributed by atoms with E-state index in [0.717, 1.165) is 48.0 Å². The van der Waals surface area contributed by atoms with E-state index in [-0.39, 0.29) is 28.8 Å². The summed E-state index contributed by atoms with van der Waals surface area (Å²) in [5.41, 5.74) is 3.17. The molecule has 11 heteroatoms. The van der Waals surface area contributed by atoms with Crippen LogP contribution in [0, 0.1) is 5.41 Å². The number of halogens is 1. The number of rotatable bonds is 11. The average molecular weight is 603 g/mol. The van der Waals surface area contributed by atoms with Gasteiger partial charge in [-0.2, -0.15) is 0 Å². The molecule has 0 spiro atoms. The molecule has 0 unspecified atom stereocenters. The lowest BCUT2D eigenvalue weighted by atomic mass is 9.79. The zero-order chi connectivity index (χ0) is 30.2. The summed E-state index contributed by atoms with van der Waals surface area (Å²) < 4.78 is 15.5. The van der Waals surface area contributed by atoms with E-state index in [2.05, 4.69) is 30.9 Å². The Bertz CT molecular complexity index is 1650. The maximum Gasteiger partial charge on any atom is 0.255 e. The molecule has 1 aromatic carbocycles. The van der Waals surface area contributed by atoms with Gasteiger partial charge in [0.1, 0.15) is 12.0 Å². The maximum absolute atomic E-state index is 14.5. The number of carbonyl (C=O) groups is 2. The number of nitrogens with one attached hydrogen (secondary N) is 3. The Kier molecular flexibility index (Phi) is 7.64. The minimum absolute atomic E-state index is 0.0950. The summed E-state index contributed by atoms with van der Waals surface area (Å²) in [6.45, 7) is 2.41. The first kappa shape index (κ1) is 29.1. The van der Waals surface area contributed by atoms with Gasteiger partial charge >= 0.3 is 0 Å². The van der Waals surface area contributed by atoms with Crippen LogP contribution in [0.4, 0.5) is 21.6 Å². The van der Waals surface area contributed by atoms with Crippen molar-refractivity contribution in [1.29, 1.82) is 0 Å². The second kappa shape index (κ2) is 11.3. The highest BCUT2D eigenvalue weighted by molar-refractivity contribution is 7.16. The molecule has 2 aliphatic carbocycles. The highest BCUT2D eigenvalue weighted by Crippen LogP contribution is 2.59. The van der Waals surface area contributed by atoms with Crippen molar-refractivity contribution in [2.45, 2.75) is 69.7 Å². The van der Waals surface area contributed by atoms with Crippen LogP contribution < -0.4 is 16.0 Å². The molecule has 43 heavy (non-hydrogen) atoms. The predicted octanol–water partition coefficient (Wildman–Crippen LogP) is 6.06. The Morgan fingerprint density at radius 2 is 1.86 bits per heavy atom. The number of aliphatic hydroxyl groups is 1. The van der Waals surface area contributed by atoms with Crippen LogP contribution in [0.3, 0.4) is 0 Å². The lowest BCUT2D eigenvalue weighted by Gasteiger charge is -2.31. The van der Waals surface area contributed by atoms with Gasteiger partial charge in [-0.3, -0.25) is 14.6 Å². The van der Waals surface area contributed by atoms with Crippen molar-refractivity contribution < 1.29 is 19.1 Å². The molecule has 0 saturated heterocycles. The molecule has 2 fully saturated rings. The Balaban J connectivity index is 1.24. The van der Waals surface area contributed by atoms with E-state index in [1.807, 2.05) is 24.3 Å². The molecule has 4 aromatic rings. The van der Waals surface area contributed by atoms with Gasteiger partial charge in [0.15, 0.2) is 5.78 Å². The van der Waals surface area contributed by atoms with Gasteiger partial charge in [0.2, 0.25) is 0 Å². The zero-order valence-corrected chi connectivity index (χ0v) is 25.0. The SMILES string of the molecule is CC(C)(O)[C@H](F)CNC(=O)c1cnc(Nc2ccc3ncsc3c2)cc1NC12CCC(CC(=O)c3ccncc3)(CC1)C2. The van der Waals surface area contributed by atoms with E-state index in [0.29, 0.717) is 23.5 Å². The summed E-state index contributed by atoms with van der Waals surface area (Å²) in [5.74, 6) is 0.196. The van der Waals surface area contributed by atoms with Crippen LogP contribution in [0.25, 0.3) is 10.2 Å². The maximum atomic E-state index is 14.5. The van der Waals surface area contributed by atoms with Gasteiger partial charge in [-0.05, 0) is 81.7 Å². The summed E-state index contributed by atoms with van der Waals surface area (Å²) in [6, 6.07) is 11.2. The van der Waals surface area contributed by atoms with Gasteiger partial charge in [-0.15, -0.1) is 11.3 Å². The quantitative estimate of drug-likeness (QED) is 0.153. The second-order valence-corrected chi connectivity index (χ2v) is 13.4. The van der Waals surface area contributed by atoms with Crippen molar-refractivity contribution in [3.8, 4) is 0 Å². The topological polar surface area (TPSA) is 129 Å². The van der Waals surface area contributed by atoms with Gasteiger partial charge < -0.3 is 21.1 Å². The van der Waals surface area contributed by atoms with Crippen molar-refractivity contribution in [1.82, 2.24) is 20.3 Å². The molecule has 2 bridgehead atoms.